The maximum atomic E-state index is 12.7. The van der Waals surface area contributed by atoms with Crippen molar-refractivity contribution in [3.63, 3.8) is 0 Å². The first-order valence-corrected chi connectivity index (χ1v) is 7.66. The van der Waals surface area contributed by atoms with Crippen LogP contribution in [0.1, 0.15) is 29.3 Å². The van der Waals surface area contributed by atoms with Gasteiger partial charge < -0.3 is 5.11 Å². The molecule has 0 fully saturated rings. The molecule has 1 N–H and O–H groups in total. The van der Waals surface area contributed by atoms with Gasteiger partial charge in [0.1, 0.15) is 0 Å². The highest BCUT2D eigenvalue weighted by Crippen LogP contribution is 2.24. The second kappa shape index (κ2) is 7.04. The highest BCUT2D eigenvalue weighted by molar-refractivity contribution is 7.14. The zero-order chi connectivity index (χ0) is 15.2. The number of carbonyl (C=O) groups excluding carboxylic acids is 1. The molecule has 2 rings (SSSR count). The first kappa shape index (κ1) is 15.3. The normalized spacial score (nSPS) is 10.3. The van der Waals surface area contributed by atoms with E-state index in [1.807, 2.05) is 36.6 Å². The lowest BCUT2D eigenvalue weighted by Crippen LogP contribution is -2.30. The second-order valence-electron chi connectivity index (χ2n) is 4.55. The van der Waals surface area contributed by atoms with Crippen molar-refractivity contribution in [2.24, 2.45) is 0 Å². The quantitative estimate of drug-likeness (QED) is 0.889. The van der Waals surface area contributed by atoms with Crippen LogP contribution in [0.25, 0.3) is 0 Å². The number of carboxylic acid groups (broad SMARTS) is 1. The predicted molar refractivity (Wildman–Crippen MR) is 84.1 cm³/mol. The van der Waals surface area contributed by atoms with Crippen LogP contribution in [0.3, 0.4) is 0 Å². The van der Waals surface area contributed by atoms with Gasteiger partial charge >= 0.3 is 5.97 Å². The van der Waals surface area contributed by atoms with Crippen molar-refractivity contribution in [2.45, 2.75) is 19.8 Å². The minimum Gasteiger partial charge on any atom is -0.481 e. The van der Waals surface area contributed by atoms with Crippen LogP contribution in [0.4, 0.5) is 5.00 Å². The fraction of sp³-hybridized carbons (Fsp3) is 0.250. The van der Waals surface area contributed by atoms with Crippen LogP contribution in [0.2, 0.25) is 0 Å². The van der Waals surface area contributed by atoms with Crippen LogP contribution >= 0.6 is 11.3 Å². The van der Waals surface area contributed by atoms with Gasteiger partial charge in [-0.15, -0.1) is 11.3 Å². The van der Waals surface area contributed by atoms with Crippen molar-refractivity contribution in [3.8, 4) is 0 Å². The topological polar surface area (TPSA) is 57.6 Å². The summed E-state index contributed by atoms with van der Waals surface area (Å²) in [6.45, 7) is 2.50. The molecule has 0 aliphatic heterocycles. The first-order chi connectivity index (χ1) is 10.1. The van der Waals surface area contributed by atoms with Gasteiger partial charge in [-0.05, 0) is 42.5 Å². The monoisotopic (exact) mass is 303 g/mol. The van der Waals surface area contributed by atoms with E-state index in [0.29, 0.717) is 18.5 Å². The van der Waals surface area contributed by atoms with Gasteiger partial charge in [0.2, 0.25) is 0 Å². The summed E-state index contributed by atoms with van der Waals surface area (Å²) in [5, 5.41) is 11.6. The summed E-state index contributed by atoms with van der Waals surface area (Å²) < 4.78 is 0. The van der Waals surface area contributed by atoms with E-state index in [1.165, 1.54) is 11.3 Å². The molecular weight excluding hydrogens is 286 g/mol. The first-order valence-electron chi connectivity index (χ1n) is 6.78. The number of carbonyl (C=O) groups is 2. The minimum absolute atomic E-state index is 0.0232. The van der Waals surface area contributed by atoms with Crippen LogP contribution in [0.15, 0.2) is 41.8 Å². The van der Waals surface area contributed by atoms with Gasteiger partial charge in [-0.2, -0.15) is 0 Å². The number of anilines is 1. The molecule has 1 amide bonds. The van der Waals surface area contributed by atoms with Gasteiger partial charge in [0, 0.05) is 18.5 Å². The summed E-state index contributed by atoms with van der Waals surface area (Å²) >= 11 is 1.51. The number of amides is 1. The average molecular weight is 303 g/mol. The van der Waals surface area contributed by atoms with E-state index < -0.39 is 5.97 Å². The Morgan fingerprint density at radius 3 is 2.57 bits per heavy atom. The molecule has 21 heavy (non-hydrogen) atoms. The number of nitrogens with zero attached hydrogens (tertiary/aromatic N) is 1. The SMILES string of the molecule is CCN(C(=O)c1ccccc1CCC(=O)O)c1cccs1. The largest absolute Gasteiger partial charge is 0.481 e. The van der Waals surface area contributed by atoms with Crippen molar-refractivity contribution in [1.29, 1.82) is 0 Å². The Labute approximate surface area is 127 Å². The Balaban J connectivity index is 2.27. The highest BCUT2D eigenvalue weighted by Gasteiger charge is 2.19. The zero-order valence-corrected chi connectivity index (χ0v) is 12.6. The molecule has 0 aliphatic rings. The third-order valence-electron chi connectivity index (χ3n) is 3.19. The molecule has 5 heteroatoms. The Bertz CT molecular complexity index is 622. The number of aliphatic carboxylic acids is 1. The molecule has 110 valence electrons. The number of benzene rings is 1. The van der Waals surface area contributed by atoms with Crippen LogP contribution < -0.4 is 4.90 Å². The summed E-state index contributed by atoms with van der Waals surface area (Å²) in [5.74, 6) is -0.941. The van der Waals surface area contributed by atoms with Gasteiger partial charge in [0.15, 0.2) is 0 Å². The number of thiophene rings is 1. The third-order valence-corrected chi connectivity index (χ3v) is 4.08. The molecule has 0 bridgehead atoms. The Hall–Kier alpha value is -2.14. The molecule has 1 heterocycles. The second-order valence-corrected chi connectivity index (χ2v) is 5.48. The van der Waals surface area contributed by atoms with E-state index >= 15 is 0 Å². The van der Waals surface area contributed by atoms with Gasteiger partial charge in [-0.1, -0.05) is 18.2 Å². The average Bonchev–Trinajstić information content (AvgIpc) is 3.00. The van der Waals surface area contributed by atoms with Crippen LogP contribution in [-0.4, -0.2) is 23.5 Å². The fourth-order valence-corrected chi connectivity index (χ4v) is 2.95. The molecule has 0 unspecified atom stereocenters. The van der Waals surface area contributed by atoms with Crippen molar-refractivity contribution in [2.75, 3.05) is 11.4 Å². The summed E-state index contributed by atoms with van der Waals surface area (Å²) in [6.07, 6.45) is 0.384. The lowest BCUT2D eigenvalue weighted by atomic mass is 10.0. The number of hydrogen-bond acceptors (Lipinski definition) is 3. The summed E-state index contributed by atoms with van der Waals surface area (Å²) in [6, 6.07) is 11.0. The molecule has 0 atom stereocenters. The van der Waals surface area contributed by atoms with Crippen molar-refractivity contribution in [3.05, 3.63) is 52.9 Å². The Kier molecular flexibility index (Phi) is 5.11. The van der Waals surface area contributed by atoms with Crippen LogP contribution in [0.5, 0.6) is 0 Å². The molecule has 1 aromatic heterocycles. The fourth-order valence-electron chi connectivity index (χ4n) is 2.16. The molecular formula is C16H17NO3S. The van der Waals surface area contributed by atoms with Gasteiger partial charge in [-0.3, -0.25) is 14.5 Å². The molecule has 0 spiro atoms. The molecule has 0 aliphatic carbocycles. The molecule has 1 aromatic carbocycles. The molecule has 0 saturated carbocycles. The van der Waals surface area contributed by atoms with E-state index in [1.54, 1.807) is 17.0 Å². The highest BCUT2D eigenvalue weighted by atomic mass is 32.1. The van der Waals surface area contributed by atoms with Gasteiger partial charge in [0.25, 0.3) is 5.91 Å². The molecule has 2 aromatic rings. The third kappa shape index (κ3) is 3.70. The Morgan fingerprint density at radius 2 is 1.95 bits per heavy atom. The maximum absolute atomic E-state index is 12.7. The maximum Gasteiger partial charge on any atom is 0.303 e. The Morgan fingerprint density at radius 1 is 1.19 bits per heavy atom. The number of carboxylic acids is 1. The lowest BCUT2D eigenvalue weighted by Gasteiger charge is -2.20. The molecule has 0 saturated heterocycles. The van der Waals surface area contributed by atoms with Crippen LogP contribution in [-0.2, 0) is 11.2 Å². The standard InChI is InChI=1S/C16H17NO3S/c1-2-17(14-8-5-11-21-14)16(20)13-7-4-3-6-12(13)9-10-15(18)19/h3-8,11H,2,9-10H2,1H3,(H,18,19). The van der Waals surface area contributed by atoms with Crippen molar-refractivity contribution < 1.29 is 14.7 Å². The molecule has 4 nitrogen and oxygen atoms in total. The summed E-state index contributed by atoms with van der Waals surface area (Å²) in [7, 11) is 0. The number of rotatable bonds is 6. The molecule has 0 radical (unpaired) electrons. The summed E-state index contributed by atoms with van der Waals surface area (Å²) in [5.41, 5.74) is 1.36. The minimum atomic E-state index is -0.858. The summed E-state index contributed by atoms with van der Waals surface area (Å²) in [4.78, 5) is 25.2. The smallest absolute Gasteiger partial charge is 0.303 e. The van der Waals surface area contributed by atoms with Gasteiger partial charge in [0.05, 0.1) is 5.00 Å². The predicted octanol–water partition coefficient (Wildman–Crippen LogP) is 3.43. The van der Waals surface area contributed by atoms with Gasteiger partial charge in [-0.25, -0.2) is 0 Å². The van der Waals surface area contributed by atoms with E-state index in [4.69, 9.17) is 5.11 Å². The van der Waals surface area contributed by atoms with E-state index in [9.17, 15) is 9.59 Å². The van der Waals surface area contributed by atoms with Crippen LogP contribution in [0, 0.1) is 0 Å². The number of hydrogen-bond donors (Lipinski definition) is 1. The van der Waals surface area contributed by atoms with E-state index in [2.05, 4.69) is 0 Å². The number of aryl methyl sites for hydroxylation is 1. The van der Waals surface area contributed by atoms with E-state index in [-0.39, 0.29) is 12.3 Å². The lowest BCUT2D eigenvalue weighted by molar-refractivity contribution is -0.136. The van der Waals surface area contributed by atoms with Crippen molar-refractivity contribution >= 4 is 28.2 Å². The van der Waals surface area contributed by atoms with E-state index in [0.717, 1.165) is 10.6 Å². The van der Waals surface area contributed by atoms with Crippen molar-refractivity contribution in [1.82, 2.24) is 0 Å². The zero-order valence-electron chi connectivity index (χ0n) is 11.8.